The molecule has 1 aromatic carbocycles. The highest BCUT2D eigenvalue weighted by Crippen LogP contribution is 2.34. The summed E-state index contributed by atoms with van der Waals surface area (Å²) in [6.07, 6.45) is 8.14. The Balaban J connectivity index is 2.13. The van der Waals surface area contributed by atoms with Gasteiger partial charge >= 0.3 is 5.97 Å². The molecule has 4 heteroatoms. The molecular formula is C18H17NO3. The number of nitrogens with zero attached hydrogens (tertiary/aromatic N) is 1. The molecule has 1 aliphatic rings. The maximum absolute atomic E-state index is 12.2. The maximum atomic E-state index is 12.2. The number of carbonyl (C=O) groups excluding carboxylic acids is 1. The van der Waals surface area contributed by atoms with Crippen molar-refractivity contribution < 1.29 is 14.1 Å². The fraction of sp³-hybridized carbons (Fsp3) is 0.222. The number of carbonyl (C=O) groups is 1. The summed E-state index contributed by atoms with van der Waals surface area (Å²) >= 11 is 0. The van der Waals surface area contributed by atoms with E-state index < -0.39 is 5.97 Å². The summed E-state index contributed by atoms with van der Waals surface area (Å²) in [5.41, 5.74) is 2.79. The molecule has 0 spiro atoms. The fourth-order valence-electron chi connectivity index (χ4n) is 2.48. The van der Waals surface area contributed by atoms with Crippen molar-refractivity contribution in [1.82, 2.24) is 5.16 Å². The quantitative estimate of drug-likeness (QED) is 0.791. The first-order valence-corrected chi connectivity index (χ1v) is 7.40. The van der Waals surface area contributed by atoms with Gasteiger partial charge in [-0.05, 0) is 25.3 Å². The molecule has 3 rings (SSSR count). The summed E-state index contributed by atoms with van der Waals surface area (Å²) in [6, 6.07) is 9.66. The second-order valence-corrected chi connectivity index (χ2v) is 4.96. The van der Waals surface area contributed by atoms with E-state index in [-0.39, 0.29) is 5.69 Å². The normalized spacial score (nSPS) is 13.8. The van der Waals surface area contributed by atoms with Gasteiger partial charge in [-0.25, -0.2) is 4.79 Å². The lowest BCUT2D eigenvalue weighted by Gasteiger charge is -2.08. The molecule has 1 aliphatic carbocycles. The van der Waals surface area contributed by atoms with Crippen LogP contribution < -0.4 is 0 Å². The molecule has 0 radical (unpaired) electrons. The highest BCUT2D eigenvalue weighted by molar-refractivity contribution is 5.98. The molecule has 4 nitrogen and oxygen atoms in total. The molecule has 0 unspecified atom stereocenters. The number of benzene rings is 1. The lowest BCUT2D eigenvalue weighted by molar-refractivity contribution is 0.0514. The van der Waals surface area contributed by atoms with E-state index in [1.807, 2.05) is 36.4 Å². The number of hydrogen-bond donors (Lipinski definition) is 0. The van der Waals surface area contributed by atoms with Crippen LogP contribution in [0.15, 0.2) is 53.1 Å². The largest absolute Gasteiger partial charge is 0.461 e. The van der Waals surface area contributed by atoms with Gasteiger partial charge in [-0.2, -0.15) is 0 Å². The predicted molar refractivity (Wildman–Crippen MR) is 84.2 cm³/mol. The standard InChI is InChI=1S/C18H17NO3/c1-2-21-18(20)16-15(13-9-5-3-6-10-13)17(22-19-16)14-11-7-4-8-12-14/h4-5,7-12H,2-3,6H2,1H3. The Morgan fingerprint density at radius 3 is 2.77 bits per heavy atom. The molecular weight excluding hydrogens is 278 g/mol. The Labute approximate surface area is 129 Å². The van der Waals surface area contributed by atoms with Crippen molar-refractivity contribution in [2.24, 2.45) is 0 Å². The predicted octanol–water partition coefficient (Wildman–Crippen LogP) is 4.25. The molecule has 1 aromatic heterocycles. The van der Waals surface area contributed by atoms with E-state index in [0.29, 0.717) is 17.9 Å². The monoisotopic (exact) mass is 295 g/mol. The van der Waals surface area contributed by atoms with E-state index in [2.05, 4.69) is 17.3 Å². The SMILES string of the molecule is CCOC(=O)c1noc(-c2ccccc2)c1C1=CCCC=C1. The average molecular weight is 295 g/mol. The minimum Gasteiger partial charge on any atom is -0.461 e. The number of esters is 1. The molecule has 0 amide bonds. The molecule has 2 aromatic rings. The lowest BCUT2D eigenvalue weighted by Crippen LogP contribution is -2.08. The van der Waals surface area contributed by atoms with Gasteiger partial charge in [0, 0.05) is 5.56 Å². The molecule has 112 valence electrons. The summed E-state index contributed by atoms with van der Waals surface area (Å²) in [4.78, 5) is 12.2. The molecule has 0 bridgehead atoms. The van der Waals surface area contributed by atoms with Crippen LogP contribution in [-0.2, 0) is 4.74 Å². The first kappa shape index (κ1) is 14.3. The summed E-state index contributed by atoms with van der Waals surface area (Å²) in [6.45, 7) is 2.08. The zero-order valence-electron chi connectivity index (χ0n) is 12.4. The van der Waals surface area contributed by atoms with Crippen LogP contribution in [0.4, 0.5) is 0 Å². The van der Waals surface area contributed by atoms with Crippen LogP contribution in [0.2, 0.25) is 0 Å². The van der Waals surface area contributed by atoms with Gasteiger partial charge < -0.3 is 9.26 Å². The Kier molecular flexibility index (Phi) is 4.19. The van der Waals surface area contributed by atoms with E-state index in [1.54, 1.807) is 6.92 Å². The van der Waals surface area contributed by atoms with Crippen LogP contribution in [-0.4, -0.2) is 17.7 Å². The van der Waals surface area contributed by atoms with Crippen molar-refractivity contribution in [3.63, 3.8) is 0 Å². The topological polar surface area (TPSA) is 52.3 Å². The highest BCUT2D eigenvalue weighted by Gasteiger charge is 2.26. The number of allylic oxidation sites excluding steroid dienone is 4. The first-order valence-electron chi connectivity index (χ1n) is 7.40. The lowest BCUT2D eigenvalue weighted by atomic mass is 9.95. The number of hydrogen-bond acceptors (Lipinski definition) is 4. The highest BCUT2D eigenvalue weighted by atomic mass is 16.5. The molecule has 0 N–H and O–H groups in total. The maximum Gasteiger partial charge on any atom is 0.361 e. The van der Waals surface area contributed by atoms with E-state index in [1.165, 1.54) is 0 Å². The molecule has 0 aliphatic heterocycles. The molecule has 0 atom stereocenters. The van der Waals surface area contributed by atoms with E-state index in [4.69, 9.17) is 9.26 Å². The summed E-state index contributed by atoms with van der Waals surface area (Å²) < 4.78 is 10.6. The van der Waals surface area contributed by atoms with Crippen molar-refractivity contribution in [2.45, 2.75) is 19.8 Å². The van der Waals surface area contributed by atoms with Crippen LogP contribution >= 0.6 is 0 Å². The van der Waals surface area contributed by atoms with Gasteiger partial charge in [0.05, 0.1) is 12.2 Å². The van der Waals surface area contributed by atoms with Crippen LogP contribution in [0.5, 0.6) is 0 Å². The Morgan fingerprint density at radius 2 is 2.09 bits per heavy atom. The van der Waals surface area contributed by atoms with Gasteiger partial charge in [0.2, 0.25) is 0 Å². The summed E-state index contributed by atoms with van der Waals surface area (Å²) in [7, 11) is 0. The smallest absolute Gasteiger partial charge is 0.361 e. The van der Waals surface area contributed by atoms with E-state index in [9.17, 15) is 4.79 Å². The number of ether oxygens (including phenoxy) is 1. The number of rotatable bonds is 4. The molecule has 22 heavy (non-hydrogen) atoms. The van der Waals surface area contributed by atoms with Gasteiger partial charge in [0.25, 0.3) is 0 Å². The van der Waals surface area contributed by atoms with Crippen LogP contribution in [0.3, 0.4) is 0 Å². The Hall–Kier alpha value is -2.62. The van der Waals surface area contributed by atoms with Crippen molar-refractivity contribution in [3.8, 4) is 11.3 Å². The molecule has 0 fully saturated rings. The van der Waals surface area contributed by atoms with Crippen molar-refractivity contribution >= 4 is 11.5 Å². The first-order chi connectivity index (χ1) is 10.8. The fourth-order valence-corrected chi connectivity index (χ4v) is 2.48. The zero-order chi connectivity index (χ0) is 15.4. The molecule has 1 heterocycles. The zero-order valence-corrected chi connectivity index (χ0v) is 12.4. The van der Waals surface area contributed by atoms with Gasteiger partial charge in [-0.3, -0.25) is 0 Å². The third kappa shape index (κ3) is 2.72. The van der Waals surface area contributed by atoms with Crippen molar-refractivity contribution in [1.29, 1.82) is 0 Å². The van der Waals surface area contributed by atoms with Crippen LogP contribution in [0.1, 0.15) is 35.8 Å². The van der Waals surface area contributed by atoms with Gasteiger partial charge in [-0.1, -0.05) is 53.7 Å². The second kappa shape index (κ2) is 6.43. The van der Waals surface area contributed by atoms with Gasteiger partial charge in [-0.15, -0.1) is 0 Å². The van der Waals surface area contributed by atoms with Gasteiger partial charge in [0.1, 0.15) is 0 Å². The van der Waals surface area contributed by atoms with Crippen LogP contribution in [0, 0.1) is 0 Å². The third-order valence-corrected chi connectivity index (χ3v) is 3.48. The third-order valence-electron chi connectivity index (χ3n) is 3.48. The van der Waals surface area contributed by atoms with Gasteiger partial charge in [0.15, 0.2) is 11.5 Å². The van der Waals surface area contributed by atoms with E-state index >= 15 is 0 Å². The second-order valence-electron chi connectivity index (χ2n) is 4.96. The Bertz CT molecular complexity index is 726. The Morgan fingerprint density at radius 1 is 1.27 bits per heavy atom. The van der Waals surface area contributed by atoms with E-state index in [0.717, 1.165) is 24.0 Å². The van der Waals surface area contributed by atoms with Crippen LogP contribution in [0.25, 0.3) is 16.9 Å². The van der Waals surface area contributed by atoms with Crippen molar-refractivity contribution in [2.75, 3.05) is 6.61 Å². The average Bonchev–Trinajstić information content (AvgIpc) is 3.02. The minimum absolute atomic E-state index is 0.235. The summed E-state index contributed by atoms with van der Waals surface area (Å²) in [5.74, 6) is 0.143. The minimum atomic E-state index is -0.455. The molecule has 0 saturated carbocycles. The summed E-state index contributed by atoms with van der Waals surface area (Å²) in [5, 5.41) is 3.96. The van der Waals surface area contributed by atoms with Crippen molar-refractivity contribution in [3.05, 3.63) is 59.8 Å². The number of aromatic nitrogens is 1. The molecule has 0 saturated heterocycles.